The van der Waals surface area contributed by atoms with Crippen LogP contribution in [0.1, 0.15) is 6.42 Å². The molecule has 0 bridgehead atoms. The van der Waals surface area contributed by atoms with Crippen molar-refractivity contribution >= 4 is 33.4 Å². The third-order valence-corrected chi connectivity index (χ3v) is 3.19. The van der Waals surface area contributed by atoms with Gasteiger partial charge in [0.15, 0.2) is 0 Å². The summed E-state index contributed by atoms with van der Waals surface area (Å²) in [6.07, 6.45) is -0.448. The minimum Gasteiger partial charge on any atom is -0.744 e. The molecule has 0 radical (unpaired) electrons. The monoisotopic (exact) mass is 328 g/mol. The summed E-state index contributed by atoms with van der Waals surface area (Å²) in [7, 11) is -4.67. The van der Waals surface area contributed by atoms with Crippen LogP contribution in [-0.2, 0) is 19.7 Å². The predicted octanol–water partition coefficient (Wildman–Crippen LogP) is -7.56. The molecular weight excluding hydrogens is 322 g/mol. The second-order valence-corrected chi connectivity index (χ2v) is 5.05. The van der Waals surface area contributed by atoms with E-state index in [1.807, 2.05) is 0 Å². The van der Waals surface area contributed by atoms with Gasteiger partial charge in [0.1, 0.15) is 10.1 Å². The molecule has 0 spiro atoms. The van der Waals surface area contributed by atoms with Gasteiger partial charge >= 0.3 is 59.1 Å². The molecule has 0 unspecified atom stereocenters. The summed E-state index contributed by atoms with van der Waals surface area (Å²) in [6.45, 7) is 0. The van der Waals surface area contributed by atoms with Gasteiger partial charge in [-0.1, -0.05) is 6.07 Å². The summed E-state index contributed by atoms with van der Waals surface area (Å²) >= 11 is 0. The van der Waals surface area contributed by atoms with Crippen molar-refractivity contribution in [2.24, 2.45) is 5.10 Å². The van der Waals surface area contributed by atoms with E-state index in [4.69, 9.17) is 0 Å². The maximum atomic E-state index is 11.5. The summed E-state index contributed by atoms with van der Waals surface area (Å²) in [5, 5.41) is 14.8. The molecule has 0 aromatic heterocycles. The largest absolute Gasteiger partial charge is 1.00 e. The molecule has 0 aliphatic carbocycles. The molecule has 21 heavy (non-hydrogen) atoms. The van der Waals surface area contributed by atoms with E-state index in [0.717, 1.165) is 17.1 Å². The van der Waals surface area contributed by atoms with Crippen LogP contribution in [0.25, 0.3) is 0 Å². The molecular formula is C10H6N2Na2O6S. The first-order chi connectivity index (χ1) is 8.79. The number of carboxylic acids is 1. The maximum Gasteiger partial charge on any atom is 1.00 e. The van der Waals surface area contributed by atoms with Crippen LogP contribution in [0.3, 0.4) is 0 Å². The van der Waals surface area contributed by atoms with Crippen molar-refractivity contribution < 1.29 is 86.8 Å². The summed E-state index contributed by atoms with van der Waals surface area (Å²) < 4.78 is 32.6. The Morgan fingerprint density at radius 3 is 2.38 bits per heavy atom. The van der Waals surface area contributed by atoms with Crippen LogP contribution in [0.15, 0.2) is 34.3 Å². The Labute approximate surface area is 164 Å². The average molecular weight is 328 g/mol. The van der Waals surface area contributed by atoms with E-state index >= 15 is 0 Å². The number of benzene rings is 1. The molecule has 100 valence electrons. The van der Waals surface area contributed by atoms with Gasteiger partial charge in [0.05, 0.1) is 28.7 Å². The molecule has 8 nitrogen and oxygen atoms in total. The van der Waals surface area contributed by atoms with Gasteiger partial charge in [-0.05, 0) is 18.2 Å². The van der Waals surface area contributed by atoms with Gasteiger partial charge in [-0.25, -0.2) is 13.4 Å². The first-order valence-corrected chi connectivity index (χ1v) is 6.37. The number of hydrogen-bond acceptors (Lipinski definition) is 7. The van der Waals surface area contributed by atoms with Crippen molar-refractivity contribution in [2.75, 3.05) is 5.01 Å². The Bertz CT molecular complexity index is 703. The first-order valence-electron chi connectivity index (χ1n) is 4.97. The number of carbonyl (C=O) groups excluding carboxylic acids is 2. The van der Waals surface area contributed by atoms with Crippen molar-refractivity contribution in [1.29, 1.82) is 0 Å². The maximum absolute atomic E-state index is 11.5. The number of carbonyl (C=O) groups is 2. The zero-order chi connectivity index (χ0) is 14.2. The molecule has 0 saturated carbocycles. The van der Waals surface area contributed by atoms with E-state index in [2.05, 4.69) is 5.10 Å². The standard InChI is InChI=1S/C10H8N2O6S.2Na/c13-9-5-8(10(14)15)11-12(9)6-2-1-3-7(4-6)19(16,17)18;;/h1-4H,5H2,(H,14,15)(H,16,17,18);;/q;2*+1/p-2. The molecule has 11 heteroatoms. The van der Waals surface area contributed by atoms with Gasteiger partial charge in [0, 0.05) is 0 Å². The van der Waals surface area contributed by atoms with Gasteiger partial charge in [0.2, 0.25) is 0 Å². The summed E-state index contributed by atoms with van der Waals surface area (Å²) in [6, 6.07) is 4.59. The molecule has 1 aromatic carbocycles. The van der Waals surface area contributed by atoms with Crippen LogP contribution >= 0.6 is 0 Å². The molecule has 1 heterocycles. The van der Waals surface area contributed by atoms with Crippen LogP contribution in [0, 0.1) is 0 Å². The number of nitrogens with zero attached hydrogens (tertiary/aromatic N) is 2. The topological polar surface area (TPSA) is 130 Å². The summed E-state index contributed by atoms with van der Waals surface area (Å²) in [5.74, 6) is -2.23. The van der Waals surface area contributed by atoms with E-state index in [0.29, 0.717) is 0 Å². The Morgan fingerprint density at radius 1 is 1.29 bits per heavy atom. The van der Waals surface area contributed by atoms with Crippen LogP contribution in [0.5, 0.6) is 0 Å². The number of aliphatic carboxylic acids is 1. The van der Waals surface area contributed by atoms with Crippen molar-refractivity contribution in [3.05, 3.63) is 24.3 Å². The van der Waals surface area contributed by atoms with Crippen molar-refractivity contribution in [1.82, 2.24) is 0 Å². The Morgan fingerprint density at radius 2 is 1.90 bits per heavy atom. The van der Waals surface area contributed by atoms with Gasteiger partial charge in [-0.2, -0.15) is 5.10 Å². The molecule has 0 fully saturated rings. The van der Waals surface area contributed by atoms with Crippen LogP contribution in [-0.4, -0.2) is 30.6 Å². The van der Waals surface area contributed by atoms with Gasteiger partial charge in [-0.15, -0.1) is 0 Å². The smallest absolute Gasteiger partial charge is 0.744 e. The Kier molecular flexibility index (Phi) is 7.74. The fraction of sp³-hybridized carbons (Fsp3) is 0.100. The van der Waals surface area contributed by atoms with Crippen molar-refractivity contribution in [3.63, 3.8) is 0 Å². The Hall–Kier alpha value is -0.260. The first kappa shape index (κ1) is 20.7. The number of hydrazone groups is 1. The van der Waals surface area contributed by atoms with Crippen molar-refractivity contribution in [2.45, 2.75) is 11.3 Å². The van der Waals surface area contributed by atoms with E-state index in [9.17, 15) is 27.7 Å². The average Bonchev–Trinajstić information content (AvgIpc) is 2.71. The SMILES string of the molecule is O=C([O-])C1=NN(c2cccc(S(=O)(=O)[O-])c2)C(=O)C1.[Na+].[Na+]. The van der Waals surface area contributed by atoms with Crippen LogP contribution < -0.4 is 69.2 Å². The minimum absolute atomic E-state index is 0. The zero-order valence-corrected chi connectivity index (χ0v) is 16.1. The Balaban J connectivity index is 0.00000200. The fourth-order valence-corrected chi connectivity index (χ4v) is 2.03. The van der Waals surface area contributed by atoms with E-state index in [1.165, 1.54) is 12.1 Å². The number of rotatable bonds is 3. The van der Waals surface area contributed by atoms with Crippen molar-refractivity contribution in [3.8, 4) is 0 Å². The van der Waals surface area contributed by atoms with Gasteiger partial charge in [-0.3, -0.25) is 4.79 Å². The van der Waals surface area contributed by atoms with E-state index in [1.54, 1.807) is 0 Å². The minimum atomic E-state index is -4.67. The second-order valence-electron chi connectivity index (χ2n) is 3.67. The van der Waals surface area contributed by atoms with Crippen LogP contribution in [0.2, 0.25) is 0 Å². The molecule has 1 aromatic rings. The number of hydrogen-bond donors (Lipinski definition) is 0. The molecule has 0 saturated heterocycles. The van der Waals surface area contributed by atoms with E-state index < -0.39 is 39.0 Å². The number of anilines is 1. The molecule has 2 rings (SSSR count). The summed E-state index contributed by atoms with van der Waals surface area (Å²) in [5.41, 5.74) is -0.460. The quantitative estimate of drug-likeness (QED) is 0.400. The number of amides is 1. The number of carboxylic acid groups (broad SMARTS) is 1. The molecule has 1 amide bonds. The molecule has 0 atom stereocenters. The summed E-state index contributed by atoms with van der Waals surface area (Å²) in [4.78, 5) is 21.6. The zero-order valence-electron chi connectivity index (χ0n) is 11.3. The normalized spacial score (nSPS) is 14.0. The third kappa shape index (κ3) is 4.86. The fourth-order valence-electron chi connectivity index (χ4n) is 1.52. The molecule has 1 aliphatic rings. The van der Waals surface area contributed by atoms with Gasteiger partial charge < -0.3 is 14.5 Å². The van der Waals surface area contributed by atoms with E-state index in [-0.39, 0.29) is 64.8 Å². The second kappa shape index (κ2) is 7.84. The molecule has 0 N–H and O–H groups in total. The van der Waals surface area contributed by atoms with Crippen LogP contribution in [0.4, 0.5) is 5.69 Å². The predicted molar refractivity (Wildman–Crippen MR) is 59.0 cm³/mol. The third-order valence-electron chi connectivity index (χ3n) is 2.36. The molecule has 1 aliphatic heterocycles. The van der Waals surface area contributed by atoms with Gasteiger partial charge in [0.25, 0.3) is 5.91 Å².